The Balaban J connectivity index is 2.68. The van der Waals surface area contributed by atoms with Crippen molar-refractivity contribution in [3.63, 3.8) is 0 Å². The second-order valence-electron chi connectivity index (χ2n) is 1.56. The predicted molar refractivity (Wildman–Crippen MR) is 27.1 cm³/mol. The molecule has 1 nitrogen and oxygen atoms in total. The fourth-order valence-corrected chi connectivity index (χ4v) is 0.280. The quantitative estimate of drug-likeness (QED) is 0.528. The molecule has 0 N–H and O–H groups in total. The molecule has 0 aromatic rings. The third-order valence-corrected chi connectivity index (χ3v) is 0.720. The first kappa shape index (κ1) is 6.89. The minimum Gasteiger partial charge on any atom is -0.385 e. The van der Waals surface area contributed by atoms with Crippen LogP contribution < -0.4 is 0 Å². The molecule has 0 aliphatic heterocycles. The summed E-state index contributed by atoms with van der Waals surface area (Å²) in [7, 11) is 1.57. The average molecular weight is 106 g/mol. The highest BCUT2D eigenvalue weighted by atomic mass is 19.1. The molecule has 0 aliphatic rings. The lowest BCUT2D eigenvalue weighted by molar-refractivity contribution is 0.166. The van der Waals surface area contributed by atoms with Crippen LogP contribution in [0, 0.1) is 0 Å². The zero-order chi connectivity index (χ0) is 5.70. The molecule has 0 aromatic heterocycles. The summed E-state index contributed by atoms with van der Waals surface area (Å²) in [4.78, 5) is 0. The molecule has 2 heteroatoms. The highest BCUT2D eigenvalue weighted by molar-refractivity contribution is 4.42. The summed E-state index contributed by atoms with van der Waals surface area (Å²) in [5.41, 5.74) is 0. The van der Waals surface area contributed by atoms with Gasteiger partial charge in [-0.15, -0.1) is 0 Å². The number of halogens is 1. The van der Waals surface area contributed by atoms with Crippen LogP contribution in [0.5, 0.6) is 0 Å². The van der Waals surface area contributed by atoms with Crippen molar-refractivity contribution in [1.29, 1.82) is 0 Å². The summed E-state index contributed by atoms with van der Waals surface area (Å²) in [6.45, 7) is 2.05. The number of methoxy groups -OCH3 is 1. The Morgan fingerprint density at radius 1 is 1.71 bits per heavy atom. The Hall–Kier alpha value is -0.110. The van der Waals surface area contributed by atoms with E-state index in [9.17, 15) is 4.39 Å². The first-order valence-corrected chi connectivity index (χ1v) is 2.40. The first-order chi connectivity index (χ1) is 3.27. The highest BCUT2D eigenvalue weighted by Gasteiger charge is 1.93. The molecule has 0 heterocycles. The first-order valence-electron chi connectivity index (χ1n) is 2.40. The van der Waals surface area contributed by atoms with Gasteiger partial charge in [-0.1, -0.05) is 0 Å². The lowest BCUT2D eigenvalue weighted by atomic mass is 10.3. The van der Waals surface area contributed by atoms with Crippen molar-refractivity contribution in [1.82, 2.24) is 0 Å². The van der Waals surface area contributed by atoms with E-state index in [-0.39, 0.29) is 0 Å². The van der Waals surface area contributed by atoms with Gasteiger partial charge in [-0.05, 0) is 6.92 Å². The highest BCUT2D eigenvalue weighted by Crippen LogP contribution is 1.93. The van der Waals surface area contributed by atoms with Gasteiger partial charge in [0, 0.05) is 20.1 Å². The third kappa shape index (κ3) is 5.89. The maximum Gasteiger partial charge on any atom is 0.0995 e. The lowest BCUT2D eigenvalue weighted by Crippen LogP contribution is -1.97. The van der Waals surface area contributed by atoms with Crippen LogP contribution in [0.1, 0.15) is 13.3 Å². The van der Waals surface area contributed by atoms with E-state index in [0.717, 1.165) is 0 Å². The topological polar surface area (TPSA) is 9.23 Å². The normalized spacial score (nSPS) is 14.1. The maximum absolute atomic E-state index is 11.8. The molecule has 0 spiro atoms. The van der Waals surface area contributed by atoms with Gasteiger partial charge in [0.25, 0.3) is 0 Å². The molecule has 0 aliphatic carbocycles. The van der Waals surface area contributed by atoms with Crippen LogP contribution in [0.2, 0.25) is 0 Å². The summed E-state index contributed by atoms with van der Waals surface area (Å²) < 4.78 is 16.4. The summed E-state index contributed by atoms with van der Waals surface area (Å²) in [6.07, 6.45) is -0.212. The van der Waals surface area contributed by atoms with Crippen LogP contribution in [0.4, 0.5) is 4.39 Å². The number of alkyl halides is 1. The smallest absolute Gasteiger partial charge is 0.0995 e. The molecular formula is C5H11FO. The summed E-state index contributed by atoms with van der Waals surface area (Å²) in [5, 5.41) is 0. The summed E-state index contributed by atoms with van der Waals surface area (Å²) >= 11 is 0. The molecule has 0 radical (unpaired) electrons. The number of rotatable bonds is 3. The Bertz CT molecular complexity index is 37.1. The molecule has 0 saturated carbocycles. The number of hydrogen-bond donors (Lipinski definition) is 0. The van der Waals surface area contributed by atoms with Gasteiger partial charge < -0.3 is 4.74 Å². The predicted octanol–water partition coefficient (Wildman–Crippen LogP) is 1.38. The van der Waals surface area contributed by atoms with Crippen LogP contribution in [0.25, 0.3) is 0 Å². The van der Waals surface area contributed by atoms with Gasteiger partial charge in [-0.25, -0.2) is 4.39 Å². The van der Waals surface area contributed by atoms with Gasteiger partial charge in [0.15, 0.2) is 0 Å². The molecule has 0 rings (SSSR count). The van der Waals surface area contributed by atoms with Gasteiger partial charge in [-0.2, -0.15) is 0 Å². The van der Waals surface area contributed by atoms with Crippen molar-refractivity contribution in [2.45, 2.75) is 19.5 Å². The minimum atomic E-state index is -0.722. The molecule has 0 bridgehead atoms. The van der Waals surface area contributed by atoms with Gasteiger partial charge in [-0.3, -0.25) is 0 Å². The standard InChI is InChI=1S/C5H11FO/c1-5(6)3-4-7-2/h5H,3-4H2,1-2H3. The van der Waals surface area contributed by atoms with Crippen LogP contribution in [0.3, 0.4) is 0 Å². The van der Waals surface area contributed by atoms with Crippen molar-refractivity contribution in [3.05, 3.63) is 0 Å². The summed E-state index contributed by atoms with van der Waals surface area (Å²) in [6, 6.07) is 0. The van der Waals surface area contributed by atoms with Crippen LogP contribution in [0.15, 0.2) is 0 Å². The zero-order valence-corrected chi connectivity index (χ0v) is 4.78. The van der Waals surface area contributed by atoms with E-state index in [1.54, 1.807) is 7.11 Å². The van der Waals surface area contributed by atoms with Crippen LogP contribution in [-0.4, -0.2) is 19.9 Å². The number of hydrogen-bond acceptors (Lipinski definition) is 1. The second-order valence-corrected chi connectivity index (χ2v) is 1.56. The van der Waals surface area contributed by atoms with Gasteiger partial charge in [0.05, 0.1) is 6.17 Å². The monoisotopic (exact) mass is 106 g/mol. The molecular weight excluding hydrogens is 95.1 g/mol. The SMILES string of the molecule is COCCC(C)F. The molecule has 1 atom stereocenters. The number of ether oxygens (including phenoxy) is 1. The second kappa shape index (κ2) is 4.06. The van der Waals surface area contributed by atoms with E-state index in [0.29, 0.717) is 13.0 Å². The van der Waals surface area contributed by atoms with Gasteiger partial charge in [0.1, 0.15) is 0 Å². The zero-order valence-electron chi connectivity index (χ0n) is 4.78. The Kier molecular flexibility index (Phi) is 4.00. The van der Waals surface area contributed by atoms with E-state index >= 15 is 0 Å². The van der Waals surface area contributed by atoms with Gasteiger partial charge in [0.2, 0.25) is 0 Å². The van der Waals surface area contributed by atoms with E-state index in [2.05, 4.69) is 4.74 Å². The maximum atomic E-state index is 11.8. The Morgan fingerprint density at radius 3 is 2.43 bits per heavy atom. The molecule has 0 fully saturated rings. The van der Waals surface area contributed by atoms with E-state index in [1.807, 2.05) is 0 Å². The minimum absolute atomic E-state index is 0.510. The average Bonchev–Trinajstić information content (AvgIpc) is 1.61. The molecule has 0 saturated heterocycles. The van der Waals surface area contributed by atoms with Crippen molar-refractivity contribution in [2.75, 3.05) is 13.7 Å². The molecule has 1 unspecified atom stereocenters. The van der Waals surface area contributed by atoms with Crippen LogP contribution in [-0.2, 0) is 4.74 Å². The molecule has 0 aromatic carbocycles. The summed E-state index contributed by atoms with van der Waals surface area (Å²) in [5.74, 6) is 0. The van der Waals surface area contributed by atoms with E-state index in [1.165, 1.54) is 6.92 Å². The largest absolute Gasteiger partial charge is 0.385 e. The van der Waals surface area contributed by atoms with Crippen molar-refractivity contribution in [3.8, 4) is 0 Å². The van der Waals surface area contributed by atoms with E-state index in [4.69, 9.17) is 0 Å². The van der Waals surface area contributed by atoms with Crippen LogP contribution >= 0.6 is 0 Å². The van der Waals surface area contributed by atoms with Crippen molar-refractivity contribution < 1.29 is 9.13 Å². The van der Waals surface area contributed by atoms with Crippen molar-refractivity contribution >= 4 is 0 Å². The van der Waals surface area contributed by atoms with E-state index < -0.39 is 6.17 Å². The molecule has 0 amide bonds. The Morgan fingerprint density at radius 2 is 2.29 bits per heavy atom. The van der Waals surface area contributed by atoms with Gasteiger partial charge >= 0.3 is 0 Å². The Labute approximate surface area is 43.5 Å². The third-order valence-electron chi connectivity index (χ3n) is 0.720. The van der Waals surface area contributed by atoms with Crippen molar-refractivity contribution in [2.24, 2.45) is 0 Å². The fourth-order valence-electron chi connectivity index (χ4n) is 0.280. The fraction of sp³-hybridized carbons (Fsp3) is 1.00. The molecule has 7 heavy (non-hydrogen) atoms. The lowest BCUT2D eigenvalue weighted by Gasteiger charge is -1.96. The molecule has 44 valence electrons.